The number of rotatable bonds is 4. The Balaban J connectivity index is 1.36. The molecule has 2 heterocycles. The third kappa shape index (κ3) is 3.13. The normalized spacial score (nSPS) is 44.4. The first-order valence-electron chi connectivity index (χ1n) is 12.7. The molecule has 2 N–H and O–H groups in total. The van der Waals surface area contributed by atoms with Crippen molar-refractivity contribution in [3.8, 4) is 0 Å². The van der Waals surface area contributed by atoms with E-state index in [1.807, 2.05) is 23.4 Å². The van der Waals surface area contributed by atoms with Crippen molar-refractivity contribution in [2.45, 2.75) is 64.7 Å². The molecule has 7 nitrogen and oxygen atoms in total. The van der Waals surface area contributed by atoms with Crippen LogP contribution in [-0.2, 0) is 21.0 Å². The first-order chi connectivity index (χ1) is 16.6. The lowest BCUT2D eigenvalue weighted by Gasteiger charge is -2.59. The highest BCUT2D eigenvalue weighted by Crippen LogP contribution is 2.70. The van der Waals surface area contributed by atoms with E-state index in [1.54, 1.807) is 23.5 Å². The van der Waals surface area contributed by atoms with Crippen molar-refractivity contribution in [2.24, 2.45) is 34.5 Å². The van der Waals surface area contributed by atoms with Crippen LogP contribution in [0.3, 0.4) is 0 Å². The third-order valence-corrected chi connectivity index (χ3v) is 11.0. The minimum Gasteiger partial charge on any atom is -0.393 e. The lowest BCUT2D eigenvalue weighted by Crippen LogP contribution is -2.63. The molecule has 0 unspecified atom stereocenters. The van der Waals surface area contributed by atoms with Gasteiger partial charge in [-0.3, -0.25) is 14.4 Å². The zero-order valence-electron chi connectivity index (χ0n) is 20.6. The number of nitrogens with zero attached hydrogens (tertiary/aromatic N) is 2. The molecule has 0 spiro atoms. The predicted molar refractivity (Wildman–Crippen MR) is 130 cm³/mol. The molecule has 1 saturated heterocycles. The smallest absolute Gasteiger partial charge is 0.192 e. The fraction of sp³-hybridized carbons (Fsp3) is 0.667. The summed E-state index contributed by atoms with van der Waals surface area (Å²) in [5.41, 5.74) is 0.0160. The molecule has 1 aromatic rings. The molecule has 5 aliphatic rings. The molecular weight excluding hydrogens is 464 g/mol. The van der Waals surface area contributed by atoms with Gasteiger partial charge >= 0.3 is 0 Å². The Bertz CT molecular complexity index is 1140. The quantitative estimate of drug-likeness (QED) is 0.658. The van der Waals surface area contributed by atoms with Crippen LogP contribution < -0.4 is 0 Å². The van der Waals surface area contributed by atoms with Crippen molar-refractivity contribution in [3.63, 3.8) is 0 Å². The van der Waals surface area contributed by atoms with Crippen molar-refractivity contribution < 1.29 is 24.6 Å². The second-order valence-electron chi connectivity index (χ2n) is 11.8. The third-order valence-electron chi connectivity index (χ3n) is 10.1. The fourth-order valence-corrected chi connectivity index (χ4v) is 9.55. The van der Waals surface area contributed by atoms with Crippen LogP contribution in [0.25, 0.3) is 0 Å². The maximum atomic E-state index is 13.5. The minimum atomic E-state index is -1.14. The van der Waals surface area contributed by atoms with Gasteiger partial charge in [-0.25, -0.2) is 4.98 Å². The van der Waals surface area contributed by atoms with E-state index in [0.717, 1.165) is 35.5 Å². The average Bonchev–Trinajstić information content (AvgIpc) is 3.45. The number of ketones is 2. The SMILES string of the molecule is Cc1csc(CN2C[C@@H]3C[C@H]4[C@@H]5CCC6=CC(=O)C=C[C@]6(C)[C@H]5[C@@H](O)C[C@]4(C)[C@]3(C(=O)CO)O2)n1. The molecule has 0 radical (unpaired) electrons. The van der Waals surface area contributed by atoms with Gasteiger partial charge in [0.1, 0.15) is 11.6 Å². The monoisotopic (exact) mass is 498 g/mol. The van der Waals surface area contributed by atoms with Crippen LogP contribution in [0, 0.1) is 41.4 Å². The van der Waals surface area contributed by atoms with Crippen molar-refractivity contribution in [1.82, 2.24) is 10.0 Å². The molecule has 1 aliphatic heterocycles. The highest BCUT2D eigenvalue weighted by atomic mass is 32.1. The number of aliphatic hydroxyl groups is 2. The van der Waals surface area contributed by atoms with Gasteiger partial charge in [-0.05, 0) is 56.6 Å². The molecule has 35 heavy (non-hydrogen) atoms. The van der Waals surface area contributed by atoms with Gasteiger partial charge in [0.15, 0.2) is 17.2 Å². The lowest BCUT2D eigenvalue weighted by molar-refractivity contribution is -0.254. The summed E-state index contributed by atoms with van der Waals surface area (Å²) in [5.74, 6) is 0.123. The average molecular weight is 499 g/mol. The molecule has 1 aromatic heterocycles. The summed E-state index contributed by atoms with van der Waals surface area (Å²) in [4.78, 5) is 36.7. The Morgan fingerprint density at radius 3 is 2.89 bits per heavy atom. The molecule has 188 valence electrons. The lowest BCUT2D eigenvalue weighted by atomic mass is 9.46. The van der Waals surface area contributed by atoms with Crippen LogP contribution in [0.1, 0.15) is 50.2 Å². The second kappa shape index (κ2) is 7.89. The van der Waals surface area contributed by atoms with Gasteiger partial charge in [-0.1, -0.05) is 25.5 Å². The standard InChI is InChI=1S/C27H34N2O5S/c1-15-14-35-23(28-15)12-29-11-17-9-20-19-5-4-16-8-18(31)6-7-25(16,2)24(19)21(32)10-26(20,3)27(17,34-29)22(33)13-30/h6-8,14,17,19-21,24,30,32H,4-5,9-13H2,1-3H3/t17-,19-,20-,21-,24+,25-,26-,27-/m0/s1. The number of carbonyl (C=O) groups is 2. The molecular formula is C27H34N2O5S. The predicted octanol–water partition coefficient (Wildman–Crippen LogP) is 3.00. The summed E-state index contributed by atoms with van der Waals surface area (Å²) in [6.45, 7) is 6.78. The molecule has 6 rings (SSSR count). The maximum absolute atomic E-state index is 13.5. The number of carbonyl (C=O) groups excluding carboxylic acids is 2. The number of hydrogen-bond acceptors (Lipinski definition) is 8. The van der Waals surface area contributed by atoms with Gasteiger partial charge in [0, 0.05) is 40.3 Å². The topological polar surface area (TPSA) is 100.0 Å². The van der Waals surface area contributed by atoms with Crippen molar-refractivity contribution in [1.29, 1.82) is 0 Å². The molecule has 4 fully saturated rings. The summed E-state index contributed by atoms with van der Waals surface area (Å²) < 4.78 is 0. The van der Waals surface area contributed by atoms with Crippen molar-refractivity contribution in [3.05, 3.63) is 39.9 Å². The number of allylic oxidation sites excluding steroid dienone is 4. The minimum absolute atomic E-state index is 0.000530. The zero-order valence-corrected chi connectivity index (χ0v) is 21.4. The molecule has 0 aromatic carbocycles. The first-order valence-corrected chi connectivity index (χ1v) is 13.6. The molecule has 0 amide bonds. The van der Waals surface area contributed by atoms with Gasteiger partial charge in [0.05, 0.1) is 12.6 Å². The van der Waals surface area contributed by atoms with Gasteiger partial charge in [-0.2, -0.15) is 5.06 Å². The number of aliphatic hydroxyl groups excluding tert-OH is 2. The molecule has 8 atom stereocenters. The Hall–Kier alpha value is -1.71. The maximum Gasteiger partial charge on any atom is 0.192 e. The summed E-state index contributed by atoms with van der Waals surface area (Å²) in [6.07, 6.45) is 7.78. The summed E-state index contributed by atoms with van der Waals surface area (Å²) >= 11 is 1.58. The number of thiazole rings is 1. The second-order valence-corrected chi connectivity index (χ2v) is 12.7. The Morgan fingerprint density at radius 1 is 1.37 bits per heavy atom. The van der Waals surface area contributed by atoms with Gasteiger partial charge in [0.25, 0.3) is 0 Å². The summed E-state index contributed by atoms with van der Waals surface area (Å²) in [7, 11) is 0. The summed E-state index contributed by atoms with van der Waals surface area (Å²) in [5, 5.41) is 26.6. The summed E-state index contributed by atoms with van der Waals surface area (Å²) in [6, 6.07) is 0. The van der Waals surface area contributed by atoms with Gasteiger partial charge in [0.2, 0.25) is 0 Å². The van der Waals surface area contributed by atoms with Crippen LogP contribution in [0.15, 0.2) is 29.2 Å². The van der Waals surface area contributed by atoms with E-state index in [9.17, 15) is 19.8 Å². The highest BCUT2D eigenvalue weighted by molar-refractivity contribution is 7.09. The number of aryl methyl sites for hydroxylation is 1. The van der Waals surface area contributed by atoms with Crippen LogP contribution >= 0.6 is 11.3 Å². The van der Waals surface area contributed by atoms with Gasteiger partial charge in [-0.15, -0.1) is 11.3 Å². The largest absolute Gasteiger partial charge is 0.393 e. The molecule has 0 bridgehead atoms. The van der Waals surface area contributed by atoms with Crippen LogP contribution in [-0.4, -0.2) is 56.7 Å². The number of hydroxylamine groups is 2. The van der Waals surface area contributed by atoms with Crippen LogP contribution in [0.5, 0.6) is 0 Å². The van der Waals surface area contributed by atoms with Crippen molar-refractivity contribution >= 4 is 22.9 Å². The van der Waals surface area contributed by atoms with E-state index in [-0.39, 0.29) is 40.7 Å². The highest BCUT2D eigenvalue weighted by Gasteiger charge is 2.75. The number of hydrogen-bond donors (Lipinski definition) is 2. The van der Waals surface area contributed by atoms with E-state index in [2.05, 4.69) is 18.8 Å². The first kappa shape index (κ1) is 23.7. The van der Waals surface area contributed by atoms with E-state index in [0.29, 0.717) is 19.5 Å². The van der Waals surface area contributed by atoms with E-state index >= 15 is 0 Å². The zero-order chi connectivity index (χ0) is 24.8. The van der Waals surface area contributed by atoms with E-state index in [4.69, 9.17) is 4.84 Å². The number of fused-ring (bicyclic) bond motifs is 7. The molecule has 8 heteroatoms. The Morgan fingerprint density at radius 2 is 2.17 bits per heavy atom. The molecule has 4 aliphatic carbocycles. The Labute approximate surface area is 209 Å². The molecule has 3 saturated carbocycles. The van der Waals surface area contributed by atoms with Crippen LogP contribution in [0.2, 0.25) is 0 Å². The van der Waals surface area contributed by atoms with Crippen molar-refractivity contribution in [2.75, 3.05) is 13.2 Å². The number of aromatic nitrogens is 1. The number of Topliss-reactive ketones (excluding diaryl/α,β-unsaturated/α-hetero) is 1. The van der Waals surface area contributed by atoms with Crippen LogP contribution in [0.4, 0.5) is 0 Å². The van der Waals surface area contributed by atoms with Gasteiger partial charge < -0.3 is 10.2 Å². The van der Waals surface area contributed by atoms with E-state index < -0.39 is 23.7 Å². The Kier molecular flexibility index (Phi) is 5.34. The fourth-order valence-electron chi connectivity index (χ4n) is 8.78. The van der Waals surface area contributed by atoms with E-state index in [1.165, 1.54) is 0 Å².